The minimum absolute atomic E-state index is 0.209. The molecule has 0 unspecified atom stereocenters. The molecular formula is C14H14F2N2O3S. The lowest BCUT2D eigenvalue weighted by Crippen LogP contribution is -2.52. The van der Waals surface area contributed by atoms with Crippen molar-refractivity contribution in [3.8, 4) is 0 Å². The van der Waals surface area contributed by atoms with Gasteiger partial charge >= 0.3 is 0 Å². The standard InChI is InChI=1S/C14H14F2N2O3S/c1-7-13(20)18(14(21)8(2)22-7)6-12(19)17-11-4-3-9(15)5-10(11)16/h3-5,7-8H,6H2,1-2H3,(H,17,19)/t7-,8-/m1/s1. The number of carbonyl (C=O) groups is 3. The molecule has 1 N–H and O–H groups in total. The van der Waals surface area contributed by atoms with Gasteiger partial charge in [0.05, 0.1) is 16.2 Å². The lowest BCUT2D eigenvalue weighted by Gasteiger charge is -2.31. The van der Waals surface area contributed by atoms with E-state index in [4.69, 9.17) is 0 Å². The molecule has 1 aliphatic rings. The minimum Gasteiger partial charge on any atom is -0.322 e. The summed E-state index contributed by atoms with van der Waals surface area (Å²) in [6, 6.07) is 2.70. The second-order valence-corrected chi connectivity index (χ2v) is 6.54. The first-order valence-corrected chi connectivity index (χ1v) is 7.49. The maximum atomic E-state index is 13.5. The van der Waals surface area contributed by atoms with Crippen LogP contribution in [0.4, 0.5) is 14.5 Å². The molecule has 1 aliphatic heterocycles. The molecule has 1 saturated heterocycles. The molecule has 3 amide bonds. The molecule has 0 spiro atoms. The van der Waals surface area contributed by atoms with Crippen molar-refractivity contribution in [1.82, 2.24) is 4.90 Å². The fourth-order valence-electron chi connectivity index (χ4n) is 2.05. The first-order chi connectivity index (χ1) is 10.3. The van der Waals surface area contributed by atoms with Crippen molar-refractivity contribution in [3.63, 3.8) is 0 Å². The molecular weight excluding hydrogens is 314 g/mol. The third-order valence-electron chi connectivity index (χ3n) is 3.14. The number of thioether (sulfide) groups is 1. The molecule has 1 aromatic rings. The maximum Gasteiger partial charge on any atom is 0.244 e. The highest BCUT2D eigenvalue weighted by Crippen LogP contribution is 2.26. The molecule has 2 rings (SSSR count). The molecule has 1 heterocycles. The van der Waals surface area contributed by atoms with Gasteiger partial charge in [-0.2, -0.15) is 0 Å². The Labute approximate surface area is 130 Å². The Balaban J connectivity index is 2.07. The summed E-state index contributed by atoms with van der Waals surface area (Å²) < 4.78 is 26.3. The van der Waals surface area contributed by atoms with Gasteiger partial charge in [0.15, 0.2) is 0 Å². The van der Waals surface area contributed by atoms with Crippen LogP contribution in [0.5, 0.6) is 0 Å². The predicted octanol–water partition coefficient (Wildman–Crippen LogP) is 1.78. The van der Waals surface area contributed by atoms with Crippen molar-refractivity contribution < 1.29 is 23.2 Å². The SMILES string of the molecule is C[C@H]1S[C@H](C)C(=O)N(CC(=O)Nc2ccc(F)cc2F)C1=O. The molecule has 0 radical (unpaired) electrons. The van der Waals surface area contributed by atoms with Crippen LogP contribution in [-0.4, -0.2) is 39.7 Å². The van der Waals surface area contributed by atoms with Gasteiger partial charge < -0.3 is 5.32 Å². The third kappa shape index (κ3) is 3.44. The van der Waals surface area contributed by atoms with Crippen molar-refractivity contribution in [2.75, 3.05) is 11.9 Å². The van der Waals surface area contributed by atoms with E-state index < -0.39 is 46.4 Å². The van der Waals surface area contributed by atoms with Crippen LogP contribution in [0.1, 0.15) is 13.8 Å². The summed E-state index contributed by atoms with van der Waals surface area (Å²) in [5.41, 5.74) is -0.209. The quantitative estimate of drug-likeness (QED) is 0.859. The number of carbonyl (C=O) groups excluding carboxylic acids is 3. The van der Waals surface area contributed by atoms with Gasteiger partial charge in [-0.3, -0.25) is 19.3 Å². The molecule has 118 valence electrons. The van der Waals surface area contributed by atoms with E-state index in [1.54, 1.807) is 13.8 Å². The highest BCUT2D eigenvalue weighted by molar-refractivity contribution is 8.02. The van der Waals surface area contributed by atoms with Crippen molar-refractivity contribution in [2.24, 2.45) is 0 Å². The van der Waals surface area contributed by atoms with E-state index in [0.29, 0.717) is 6.07 Å². The molecule has 0 saturated carbocycles. The van der Waals surface area contributed by atoms with Gasteiger partial charge in [0.2, 0.25) is 17.7 Å². The van der Waals surface area contributed by atoms with Gasteiger partial charge in [-0.05, 0) is 26.0 Å². The summed E-state index contributed by atoms with van der Waals surface area (Å²) >= 11 is 1.22. The highest BCUT2D eigenvalue weighted by atomic mass is 32.2. The fraction of sp³-hybridized carbons (Fsp3) is 0.357. The number of rotatable bonds is 3. The Hall–Kier alpha value is -1.96. The van der Waals surface area contributed by atoms with E-state index in [-0.39, 0.29) is 5.69 Å². The summed E-state index contributed by atoms with van der Waals surface area (Å²) in [4.78, 5) is 36.7. The number of halogens is 2. The van der Waals surface area contributed by atoms with Crippen LogP contribution >= 0.6 is 11.8 Å². The zero-order chi connectivity index (χ0) is 16.4. The van der Waals surface area contributed by atoms with Crippen LogP contribution in [0, 0.1) is 11.6 Å². The van der Waals surface area contributed by atoms with Crippen LogP contribution in [0.3, 0.4) is 0 Å². The molecule has 0 aliphatic carbocycles. The number of nitrogens with zero attached hydrogens (tertiary/aromatic N) is 1. The Bertz CT molecular complexity index is 619. The summed E-state index contributed by atoms with van der Waals surface area (Å²) in [6.45, 7) is 2.81. The maximum absolute atomic E-state index is 13.5. The topological polar surface area (TPSA) is 66.5 Å². The lowest BCUT2D eigenvalue weighted by atomic mass is 10.2. The van der Waals surface area contributed by atoms with Crippen LogP contribution < -0.4 is 5.32 Å². The van der Waals surface area contributed by atoms with Gasteiger partial charge in [-0.25, -0.2) is 8.78 Å². The molecule has 2 atom stereocenters. The van der Waals surface area contributed by atoms with E-state index >= 15 is 0 Å². The van der Waals surface area contributed by atoms with Gasteiger partial charge in [0.1, 0.15) is 18.2 Å². The van der Waals surface area contributed by atoms with Crippen LogP contribution in [0.25, 0.3) is 0 Å². The predicted molar refractivity (Wildman–Crippen MR) is 78.2 cm³/mol. The number of benzene rings is 1. The normalized spacial score (nSPS) is 21.9. The van der Waals surface area contributed by atoms with E-state index in [0.717, 1.165) is 17.0 Å². The molecule has 5 nitrogen and oxygen atoms in total. The second-order valence-electron chi connectivity index (χ2n) is 4.86. The lowest BCUT2D eigenvalue weighted by molar-refractivity contribution is -0.147. The van der Waals surface area contributed by atoms with Crippen molar-refractivity contribution in [1.29, 1.82) is 0 Å². The summed E-state index contributed by atoms with van der Waals surface area (Å²) in [7, 11) is 0. The second kappa shape index (κ2) is 6.43. The van der Waals surface area contributed by atoms with Crippen molar-refractivity contribution >= 4 is 35.2 Å². The zero-order valence-corrected chi connectivity index (χ0v) is 12.7. The molecule has 1 fully saturated rings. The van der Waals surface area contributed by atoms with Gasteiger partial charge in [0.25, 0.3) is 0 Å². The van der Waals surface area contributed by atoms with E-state index in [1.807, 2.05) is 0 Å². The summed E-state index contributed by atoms with van der Waals surface area (Å²) in [6.07, 6.45) is 0. The molecule has 22 heavy (non-hydrogen) atoms. The number of amides is 3. The Morgan fingerprint density at radius 2 is 1.82 bits per heavy atom. The smallest absolute Gasteiger partial charge is 0.244 e. The largest absolute Gasteiger partial charge is 0.322 e. The number of hydrogen-bond donors (Lipinski definition) is 1. The molecule has 1 aromatic carbocycles. The monoisotopic (exact) mass is 328 g/mol. The number of anilines is 1. The average molecular weight is 328 g/mol. The number of hydrogen-bond acceptors (Lipinski definition) is 4. The van der Waals surface area contributed by atoms with Crippen molar-refractivity contribution in [3.05, 3.63) is 29.8 Å². The van der Waals surface area contributed by atoms with Gasteiger partial charge in [-0.15, -0.1) is 11.8 Å². The summed E-state index contributed by atoms with van der Waals surface area (Å²) in [5, 5.41) is 1.37. The zero-order valence-electron chi connectivity index (χ0n) is 11.9. The van der Waals surface area contributed by atoms with Crippen LogP contribution in [-0.2, 0) is 14.4 Å². The van der Waals surface area contributed by atoms with Crippen LogP contribution in [0.15, 0.2) is 18.2 Å². The molecule has 8 heteroatoms. The Morgan fingerprint density at radius 3 is 2.36 bits per heavy atom. The Kier molecular flexibility index (Phi) is 4.80. The van der Waals surface area contributed by atoms with Gasteiger partial charge in [-0.1, -0.05) is 0 Å². The third-order valence-corrected chi connectivity index (χ3v) is 4.36. The molecule has 0 aromatic heterocycles. The first-order valence-electron chi connectivity index (χ1n) is 6.55. The van der Waals surface area contributed by atoms with E-state index in [1.165, 1.54) is 11.8 Å². The number of imide groups is 1. The average Bonchev–Trinajstić information content (AvgIpc) is 2.44. The number of nitrogens with one attached hydrogen (secondary N) is 1. The highest BCUT2D eigenvalue weighted by Gasteiger charge is 2.38. The fourth-order valence-corrected chi connectivity index (χ4v) is 3.15. The van der Waals surface area contributed by atoms with Crippen LogP contribution in [0.2, 0.25) is 0 Å². The van der Waals surface area contributed by atoms with E-state index in [2.05, 4.69) is 5.32 Å². The minimum atomic E-state index is -0.929. The van der Waals surface area contributed by atoms with Gasteiger partial charge in [0, 0.05) is 6.07 Å². The Morgan fingerprint density at radius 1 is 1.23 bits per heavy atom. The molecule has 0 bridgehead atoms. The first kappa shape index (κ1) is 16.4. The van der Waals surface area contributed by atoms with Crippen molar-refractivity contribution in [2.45, 2.75) is 24.3 Å². The summed E-state index contributed by atoms with van der Waals surface area (Å²) in [5.74, 6) is -3.33. The van der Waals surface area contributed by atoms with E-state index in [9.17, 15) is 23.2 Å².